The van der Waals surface area contributed by atoms with Gasteiger partial charge in [-0.15, -0.1) is 0 Å². The molecule has 0 aromatic carbocycles. The molecule has 8 heteroatoms. The SMILES string of the molecule is CN(c1nnnn1C1CCOC(c2ccnn2C)C1)C1CC1. The molecule has 8 nitrogen and oxygen atoms in total. The molecule has 2 aromatic rings. The van der Waals surface area contributed by atoms with Crippen LogP contribution in [-0.4, -0.2) is 49.7 Å². The van der Waals surface area contributed by atoms with Crippen molar-refractivity contribution in [2.24, 2.45) is 7.05 Å². The zero-order valence-electron chi connectivity index (χ0n) is 13.0. The first-order chi connectivity index (χ1) is 10.7. The second kappa shape index (κ2) is 5.35. The molecule has 0 bridgehead atoms. The minimum Gasteiger partial charge on any atom is -0.372 e. The van der Waals surface area contributed by atoms with Crippen LogP contribution in [0.5, 0.6) is 0 Å². The van der Waals surface area contributed by atoms with E-state index in [1.165, 1.54) is 12.8 Å². The molecule has 1 saturated carbocycles. The average molecular weight is 303 g/mol. The molecule has 2 aromatic heterocycles. The van der Waals surface area contributed by atoms with Gasteiger partial charge < -0.3 is 9.64 Å². The molecule has 0 amide bonds. The summed E-state index contributed by atoms with van der Waals surface area (Å²) in [5.41, 5.74) is 1.11. The predicted octanol–water partition coefficient (Wildman–Crippen LogP) is 1.10. The third-order valence-electron chi connectivity index (χ3n) is 4.68. The van der Waals surface area contributed by atoms with E-state index in [9.17, 15) is 0 Å². The van der Waals surface area contributed by atoms with Crippen molar-refractivity contribution >= 4 is 5.95 Å². The van der Waals surface area contributed by atoms with Gasteiger partial charge in [0.25, 0.3) is 0 Å². The molecule has 2 atom stereocenters. The molecular weight excluding hydrogens is 282 g/mol. The lowest BCUT2D eigenvalue weighted by Gasteiger charge is -2.30. The lowest BCUT2D eigenvalue weighted by molar-refractivity contribution is -0.0137. The van der Waals surface area contributed by atoms with E-state index < -0.39 is 0 Å². The fraction of sp³-hybridized carbons (Fsp3) is 0.714. The second-order valence-corrected chi connectivity index (χ2v) is 6.18. The number of nitrogens with zero attached hydrogens (tertiary/aromatic N) is 7. The molecule has 0 spiro atoms. The van der Waals surface area contributed by atoms with Crippen LogP contribution in [0.25, 0.3) is 0 Å². The van der Waals surface area contributed by atoms with Crippen molar-refractivity contribution < 1.29 is 4.74 Å². The fourth-order valence-electron chi connectivity index (χ4n) is 3.19. The summed E-state index contributed by atoms with van der Waals surface area (Å²) in [6.45, 7) is 0.715. The van der Waals surface area contributed by atoms with E-state index in [0.717, 1.165) is 24.5 Å². The van der Waals surface area contributed by atoms with Gasteiger partial charge in [-0.3, -0.25) is 4.68 Å². The van der Waals surface area contributed by atoms with Gasteiger partial charge in [-0.2, -0.15) is 5.10 Å². The van der Waals surface area contributed by atoms with E-state index in [4.69, 9.17) is 4.74 Å². The molecule has 2 fully saturated rings. The van der Waals surface area contributed by atoms with Crippen LogP contribution in [0.2, 0.25) is 0 Å². The Balaban J connectivity index is 1.55. The summed E-state index contributed by atoms with van der Waals surface area (Å²) < 4.78 is 9.79. The van der Waals surface area contributed by atoms with E-state index in [1.807, 2.05) is 28.7 Å². The summed E-state index contributed by atoms with van der Waals surface area (Å²) in [6.07, 6.45) is 6.13. The molecule has 1 saturated heterocycles. The molecule has 0 radical (unpaired) electrons. The maximum atomic E-state index is 5.94. The Kier molecular flexibility index (Phi) is 3.33. The highest BCUT2D eigenvalue weighted by atomic mass is 16.5. The predicted molar refractivity (Wildman–Crippen MR) is 79.4 cm³/mol. The molecule has 3 heterocycles. The first-order valence-corrected chi connectivity index (χ1v) is 7.84. The van der Waals surface area contributed by atoms with Crippen LogP contribution < -0.4 is 4.90 Å². The highest BCUT2D eigenvalue weighted by Gasteiger charge is 2.33. The van der Waals surface area contributed by atoms with Crippen molar-refractivity contribution in [1.29, 1.82) is 0 Å². The summed E-state index contributed by atoms with van der Waals surface area (Å²) in [5, 5.41) is 16.6. The van der Waals surface area contributed by atoms with Gasteiger partial charge in [0, 0.05) is 39.4 Å². The normalized spacial score (nSPS) is 25.4. The lowest BCUT2D eigenvalue weighted by atomic mass is 10.0. The van der Waals surface area contributed by atoms with E-state index in [1.54, 1.807) is 0 Å². The van der Waals surface area contributed by atoms with Crippen molar-refractivity contribution in [2.45, 2.75) is 43.9 Å². The molecule has 118 valence electrons. The number of aromatic nitrogens is 6. The number of rotatable bonds is 4. The molecule has 22 heavy (non-hydrogen) atoms. The summed E-state index contributed by atoms with van der Waals surface area (Å²) >= 11 is 0. The van der Waals surface area contributed by atoms with Gasteiger partial charge in [0.1, 0.15) is 6.10 Å². The van der Waals surface area contributed by atoms with Crippen LogP contribution >= 0.6 is 0 Å². The number of anilines is 1. The van der Waals surface area contributed by atoms with Gasteiger partial charge in [-0.1, -0.05) is 5.10 Å². The monoisotopic (exact) mass is 303 g/mol. The average Bonchev–Trinajstić information content (AvgIpc) is 3.11. The first kappa shape index (κ1) is 13.7. The molecule has 4 rings (SSSR count). The van der Waals surface area contributed by atoms with Gasteiger partial charge in [-0.25, -0.2) is 4.68 Å². The van der Waals surface area contributed by atoms with E-state index in [-0.39, 0.29) is 12.1 Å². The number of hydrogen-bond donors (Lipinski definition) is 0. The maximum Gasteiger partial charge on any atom is 0.245 e. The smallest absolute Gasteiger partial charge is 0.245 e. The molecule has 2 unspecified atom stereocenters. The summed E-state index contributed by atoms with van der Waals surface area (Å²) in [6, 6.07) is 2.88. The largest absolute Gasteiger partial charge is 0.372 e. The highest BCUT2D eigenvalue weighted by molar-refractivity contribution is 5.31. The molecule has 0 N–H and O–H groups in total. The van der Waals surface area contributed by atoms with Crippen LogP contribution in [0, 0.1) is 0 Å². The maximum absolute atomic E-state index is 5.94. The number of hydrogen-bond acceptors (Lipinski definition) is 6. The Morgan fingerprint density at radius 2 is 2.18 bits per heavy atom. The zero-order chi connectivity index (χ0) is 15.1. The third kappa shape index (κ3) is 2.37. The van der Waals surface area contributed by atoms with Gasteiger partial charge in [0.15, 0.2) is 0 Å². The summed E-state index contributed by atoms with van der Waals surface area (Å²) in [5.74, 6) is 0.873. The van der Waals surface area contributed by atoms with Gasteiger partial charge in [0.2, 0.25) is 5.95 Å². The minimum absolute atomic E-state index is 0.0505. The van der Waals surface area contributed by atoms with Crippen LogP contribution in [0.15, 0.2) is 12.3 Å². The Labute approximate surface area is 129 Å². The molecule has 2 aliphatic rings. The molecule has 1 aliphatic heterocycles. The fourth-order valence-corrected chi connectivity index (χ4v) is 3.19. The second-order valence-electron chi connectivity index (χ2n) is 6.18. The van der Waals surface area contributed by atoms with E-state index in [2.05, 4.69) is 32.6 Å². The topological polar surface area (TPSA) is 73.9 Å². The van der Waals surface area contributed by atoms with Crippen molar-refractivity contribution in [1.82, 2.24) is 30.0 Å². The Bertz CT molecular complexity index is 647. The molecular formula is C14H21N7O. The third-order valence-corrected chi connectivity index (χ3v) is 4.68. The van der Waals surface area contributed by atoms with E-state index in [0.29, 0.717) is 12.6 Å². The van der Waals surface area contributed by atoms with Crippen LogP contribution in [0.4, 0.5) is 5.95 Å². The quantitative estimate of drug-likeness (QED) is 0.842. The summed E-state index contributed by atoms with van der Waals surface area (Å²) in [4.78, 5) is 2.20. The summed E-state index contributed by atoms with van der Waals surface area (Å²) in [7, 11) is 4.03. The number of tetrazole rings is 1. The first-order valence-electron chi connectivity index (χ1n) is 7.84. The van der Waals surface area contributed by atoms with Crippen LogP contribution in [0.1, 0.15) is 43.5 Å². The van der Waals surface area contributed by atoms with Crippen molar-refractivity contribution in [3.05, 3.63) is 18.0 Å². The van der Waals surface area contributed by atoms with Crippen LogP contribution in [0.3, 0.4) is 0 Å². The Morgan fingerprint density at radius 3 is 2.91 bits per heavy atom. The van der Waals surface area contributed by atoms with Gasteiger partial charge in [0.05, 0.1) is 11.7 Å². The van der Waals surface area contributed by atoms with Crippen molar-refractivity contribution in [3.63, 3.8) is 0 Å². The highest BCUT2D eigenvalue weighted by Crippen LogP contribution is 2.36. The molecule has 1 aliphatic carbocycles. The van der Waals surface area contributed by atoms with Crippen molar-refractivity contribution in [3.8, 4) is 0 Å². The standard InChI is InChI=1S/C14H21N7O/c1-19(10-3-4-10)14-16-17-18-21(14)11-6-8-22-13(9-11)12-5-7-15-20(12)2/h5,7,10-11,13H,3-4,6,8-9H2,1-2H3. The van der Waals surface area contributed by atoms with Crippen molar-refractivity contribution in [2.75, 3.05) is 18.6 Å². The Morgan fingerprint density at radius 1 is 1.32 bits per heavy atom. The lowest BCUT2D eigenvalue weighted by Crippen LogP contribution is -2.29. The minimum atomic E-state index is 0.0505. The Hall–Kier alpha value is -1.96. The number of aryl methyl sites for hydroxylation is 1. The zero-order valence-corrected chi connectivity index (χ0v) is 13.0. The van der Waals surface area contributed by atoms with Gasteiger partial charge in [-0.05, 0) is 35.8 Å². The van der Waals surface area contributed by atoms with Gasteiger partial charge >= 0.3 is 0 Å². The number of ether oxygens (including phenoxy) is 1. The van der Waals surface area contributed by atoms with E-state index >= 15 is 0 Å². The van der Waals surface area contributed by atoms with Crippen LogP contribution in [-0.2, 0) is 11.8 Å².